The third-order valence-corrected chi connectivity index (χ3v) is 6.36. The molecule has 0 saturated heterocycles. The summed E-state index contributed by atoms with van der Waals surface area (Å²) in [5.41, 5.74) is 4.14. The topological polar surface area (TPSA) is 30.3 Å². The number of benzene rings is 3. The van der Waals surface area contributed by atoms with E-state index in [0.717, 1.165) is 33.7 Å². The Balaban J connectivity index is 1.60. The molecule has 4 nitrogen and oxygen atoms in total. The number of thioether (sulfide) groups is 1. The SMILES string of the molecule is COc1ccc(CSc2ncc(CN(C)c3ccc(F)cc3)n2-c2ccc(Cl)cc2)cc1. The first-order valence-electron chi connectivity index (χ1n) is 10.1. The van der Waals surface area contributed by atoms with Crippen molar-refractivity contribution in [1.82, 2.24) is 9.55 Å². The van der Waals surface area contributed by atoms with Crippen LogP contribution in [0.15, 0.2) is 84.1 Å². The Morgan fingerprint density at radius 3 is 2.34 bits per heavy atom. The van der Waals surface area contributed by atoms with Gasteiger partial charge in [-0.15, -0.1) is 0 Å². The molecule has 0 unspecified atom stereocenters. The molecule has 32 heavy (non-hydrogen) atoms. The van der Waals surface area contributed by atoms with Gasteiger partial charge in [-0.2, -0.15) is 0 Å². The van der Waals surface area contributed by atoms with Crippen molar-refractivity contribution in [3.05, 3.63) is 101 Å². The fourth-order valence-corrected chi connectivity index (χ4v) is 4.44. The van der Waals surface area contributed by atoms with Gasteiger partial charge in [0.05, 0.1) is 25.5 Å². The first-order valence-corrected chi connectivity index (χ1v) is 11.4. The Hall–Kier alpha value is -2.96. The second-order valence-electron chi connectivity index (χ2n) is 7.31. The third-order valence-electron chi connectivity index (χ3n) is 5.08. The van der Waals surface area contributed by atoms with Gasteiger partial charge in [-0.3, -0.25) is 4.57 Å². The maximum absolute atomic E-state index is 13.3. The second-order valence-corrected chi connectivity index (χ2v) is 8.69. The average molecular weight is 468 g/mol. The summed E-state index contributed by atoms with van der Waals surface area (Å²) in [6, 6.07) is 22.3. The molecule has 0 saturated carbocycles. The minimum atomic E-state index is -0.245. The Morgan fingerprint density at radius 2 is 1.69 bits per heavy atom. The number of methoxy groups -OCH3 is 1. The highest BCUT2D eigenvalue weighted by atomic mass is 35.5. The predicted molar refractivity (Wildman–Crippen MR) is 130 cm³/mol. The highest BCUT2D eigenvalue weighted by Gasteiger charge is 2.15. The van der Waals surface area contributed by atoms with E-state index in [2.05, 4.69) is 21.6 Å². The van der Waals surface area contributed by atoms with Crippen molar-refractivity contribution in [1.29, 1.82) is 0 Å². The van der Waals surface area contributed by atoms with Gasteiger partial charge < -0.3 is 9.64 Å². The minimum Gasteiger partial charge on any atom is -0.497 e. The van der Waals surface area contributed by atoms with E-state index in [0.29, 0.717) is 11.6 Å². The fraction of sp³-hybridized carbons (Fsp3) is 0.160. The number of imidazole rings is 1. The average Bonchev–Trinajstić information content (AvgIpc) is 3.21. The van der Waals surface area contributed by atoms with Crippen molar-refractivity contribution in [3.63, 3.8) is 0 Å². The summed E-state index contributed by atoms with van der Waals surface area (Å²) >= 11 is 7.78. The van der Waals surface area contributed by atoms with Crippen LogP contribution >= 0.6 is 23.4 Å². The first kappa shape index (κ1) is 22.2. The lowest BCUT2D eigenvalue weighted by Crippen LogP contribution is -2.18. The van der Waals surface area contributed by atoms with Crippen LogP contribution in [-0.4, -0.2) is 23.7 Å². The Bertz CT molecular complexity index is 1160. The predicted octanol–water partition coefficient (Wildman–Crippen LogP) is 6.60. The second kappa shape index (κ2) is 10.1. The number of halogens is 2. The summed E-state index contributed by atoms with van der Waals surface area (Å²) in [6.45, 7) is 0.615. The van der Waals surface area contributed by atoms with Gasteiger partial charge in [0.2, 0.25) is 0 Å². The van der Waals surface area contributed by atoms with Crippen LogP contribution in [0.5, 0.6) is 5.75 Å². The Kier molecular flexibility index (Phi) is 7.02. The molecule has 164 valence electrons. The van der Waals surface area contributed by atoms with Crippen LogP contribution in [0.2, 0.25) is 5.02 Å². The molecule has 7 heteroatoms. The maximum Gasteiger partial charge on any atom is 0.173 e. The molecule has 0 aliphatic rings. The lowest BCUT2D eigenvalue weighted by Gasteiger charge is -2.21. The molecule has 0 spiro atoms. The normalized spacial score (nSPS) is 10.9. The highest BCUT2D eigenvalue weighted by molar-refractivity contribution is 7.98. The highest BCUT2D eigenvalue weighted by Crippen LogP contribution is 2.29. The van der Waals surface area contributed by atoms with Crippen molar-refractivity contribution >= 4 is 29.1 Å². The summed E-state index contributed by atoms with van der Waals surface area (Å²) in [6.07, 6.45) is 1.89. The van der Waals surface area contributed by atoms with Crippen molar-refractivity contribution < 1.29 is 9.13 Å². The number of hydrogen-bond donors (Lipinski definition) is 0. The number of nitrogens with zero attached hydrogens (tertiary/aromatic N) is 3. The fourth-order valence-electron chi connectivity index (χ4n) is 3.35. The molecule has 0 amide bonds. The van der Waals surface area contributed by atoms with E-state index in [9.17, 15) is 4.39 Å². The van der Waals surface area contributed by atoms with Gasteiger partial charge in [0.25, 0.3) is 0 Å². The van der Waals surface area contributed by atoms with E-state index in [1.54, 1.807) is 31.0 Å². The molecule has 0 aliphatic carbocycles. The van der Waals surface area contributed by atoms with E-state index in [4.69, 9.17) is 21.3 Å². The third kappa shape index (κ3) is 5.26. The Morgan fingerprint density at radius 1 is 1.00 bits per heavy atom. The van der Waals surface area contributed by atoms with Crippen LogP contribution < -0.4 is 9.64 Å². The lowest BCUT2D eigenvalue weighted by atomic mass is 10.2. The number of anilines is 1. The summed E-state index contributed by atoms with van der Waals surface area (Å²) < 4.78 is 20.7. The van der Waals surface area contributed by atoms with Crippen LogP contribution in [-0.2, 0) is 12.3 Å². The molecule has 0 aliphatic heterocycles. The zero-order valence-electron chi connectivity index (χ0n) is 17.8. The molecule has 1 heterocycles. The molecule has 0 bridgehead atoms. The van der Waals surface area contributed by atoms with Crippen molar-refractivity contribution in [3.8, 4) is 11.4 Å². The van der Waals surface area contributed by atoms with Gasteiger partial charge in [0.15, 0.2) is 5.16 Å². The quantitative estimate of drug-likeness (QED) is 0.273. The van der Waals surface area contributed by atoms with Crippen LogP contribution in [0.3, 0.4) is 0 Å². The molecular weight excluding hydrogens is 445 g/mol. The number of aromatic nitrogens is 2. The molecule has 1 aromatic heterocycles. The molecule has 0 atom stereocenters. The molecule has 3 aromatic carbocycles. The van der Waals surface area contributed by atoms with Crippen LogP contribution in [0.1, 0.15) is 11.3 Å². The van der Waals surface area contributed by atoms with Crippen molar-refractivity contribution in [2.24, 2.45) is 0 Å². The van der Waals surface area contributed by atoms with Gasteiger partial charge >= 0.3 is 0 Å². The minimum absolute atomic E-state index is 0.245. The molecule has 0 fully saturated rings. The maximum atomic E-state index is 13.3. The lowest BCUT2D eigenvalue weighted by molar-refractivity contribution is 0.414. The van der Waals surface area contributed by atoms with E-state index in [-0.39, 0.29) is 5.82 Å². The van der Waals surface area contributed by atoms with E-state index in [1.165, 1.54) is 17.7 Å². The van der Waals surface area contributed by atoms with Gasteiger partial charge in [0.1, 0.15) is 11.6 Å². The van der Waals surface area contributed by atoms with Crippen molar-refractivity contribution in [2.75, 3.05) is 19.1 Å². The molecule has 4 aromatic rings. The van der Waals surface area contributed by atoms with Crippen LogP contribution in [0.4, 0.5) is 10.1 Å². The molecule has 0 N–H and O–H groups in total. The number of hydrogen-bond acceptors (Lipinski definition) is 4. The summed E-state index contributed by atoms with van der Waals surface area (Å²) in [5, 5.41) is 1.58. The summed E-state index contributed by atoms with van der Waals surface area (Å²) in [5.74, 6) is 1.38. The standard InChI is InChI=1S/C25H23ClFN3OS/c1-29(21-11-7-20(27)8-12-21)16-23-15-28-25(30(23)22-9-5-19(26)6-10-22)32-17-18-3-13-24(31-2)14-4-18/h3-15H,16-17H2,1-2H3. The Labute approximate surface area is 196 Å². The molecule has 4 rings (SSSR count). The van der Waals surface area contributed by atoms with Crippen LogP contribution in [0, 0.1) is 5.82 Å². The molecular formula is C25H23ClFN3OS. The molecule has 0 radical (unpaired) electrons. The van der Waals surface area contributed by atoms with E-state index < -0.39 is 0 Å². The zero-order chi connectivity index (χ0) is 22.5. The number of ether oxygens (including phenoxy) is 1. The van der Waals surface area contributed by atoms with Gasteiger partial charge in [-0.25, -0.2) is 9.37 Å². The van der Waals surface area contributed by atoms with E-state index >= 15 is 0 Å². The summed E-state index contributed by atoms with van der Waals surface area (Å²) in [4.78, 5) is 6.78. The first-order chi connectivity index (χ1) is 15.5. The largest absolute Gasteiger partial charge is 0.497 e. The van der Waals surface area contributed by atoms with Gasteiger partial charge in [-0.1, -0.05) is 35.5 Å². The zero-order valence-corrected chi connectivity index (χ0v) is 19.4. The van der Waals surface area contributed by atoms with Gasteiger partial charge in [-0.05, 0) is 66.2 Å². The van der Waals surface area contributed by atoms with E-state index in [1.807, 2.05) is 49.6 Å². The monoisotopic (exact) mass is 467 g/mol. The smallest absolute Gasteiger partial charge is 0.173 e. The van der Waals surface area contributed by atoms with Crippen LogP contribution in [0.25, 0.3) is 5.69 Å². The van der Waals surface area contributed by atoms with Gasteiger partial charge in [0, 0.05) is 29.2 Å². The summed E-state index contributed by atoms with van der Waals surface area (Å²) in [7, 11) is 3.65. The number of rotatable bonds is 8. The van der Waals surface area contributed by atoms with Crippen molar-refractivity contribution in [2.45, 2.75) is 17.5 Å².